The fourth-order valence-electron chi connectivity index (χ4n) is 4.60. The number of nitrogens with zero attached hydrogens (tertiary/aromatic N) is 4. The van der Waals surface area contributed by atoms with Gasteiger partial charge in [0, 0.05) is 70.6 Å². The van der Waals surface area contributed by atoms with Crippen molar-refractivity contribution < 1.29 is 14.0 Å². The van der Waals surface area contributed by atoms with Crippen molar-refractivity contribution in [3.63, 3.8) is 0 Å². The van der Waals surface area contributed by atoms with Gasteiger partial charge in [-0.2, -0.15) is 0 Å². The maximum Gasteiger partial charge on any atom is 0.246 e. The maximum absolute atomic E-state index is 15.2. The number of hydrogen-bond acceptors (Lipinski definition) is 5. The molecule has 1 saturated heterocycles. The Labute approximate surface area is 226 Å². The second-order valence-electron chi connectivity index (χ2n) is 10.7. The molecule has 0 spiro atoms. The summed E-state index contributed by atoms with van der Waals surface area (Å²) in [6.07, 6.45) is 3.82. The number of anilines is 2. The van der Waals surface area contributed by atoms with E-state index in [2.05, 4.69) is 5.32 Å². The van der Waals surface area contributed by atoms with Crippen LogP contribution in [-0.4, -0.2) is 82.5 Å². The smallest absolute Gasteiger partial charge is 0.246 e. The second kappa shape index (κ2) is 13.4. The molecule has 1 aliphatic heterocycles. The first-order valence-electron chi connectivity index (χ1n) is 13.3. The van der Waals surface area contributed by atoms with Crippen LogP contribution in [0.2, 0.25) is 0 Å². The van der Waals surface area contributed by atoms with Gasteiger partial charge in [-0.25, -0.2) is 4.39 Å². The number of halogens is 1. The Morgan fingerprint density at radius 3 is 2.24 bits per heavy atom. The SMILES string of the molecule is CC(C)[C@H](NC(=O)CCN(C)C)c1cccc(F)c1N1CCN(C(=O)C=Cc2ccc(N(C)C)cc2)CC1. The van der Waals surface area contributed by atoms with Gasteiger partial charge < -0.3 is 24.9 Å². The van der Waals surface area contributed by atoms with Crippen LogP contribution >= 0.6 is 0 Å². The molecule has 3 rings (SSSR count). The second-order valence-corrected chi connectivity index (χ2v) is 10.7. The minimum absolute atomic E-state index is 0.0498. The van der Waals surface area contributed by atoms with Crippen LogP contribution in [0, 0.1) is 11.7 Å². The van der Waals surface area contributed by atoms with Crippen LogP contribution in [0.3, 0.4) is 0 Å². The van der Waals surface area contributed by atoms with Gasteiger partial charge in [0.2, 0.25) is 11.8 Å². The van der Waals surface area contributed by atoms with E-state index in [4.69, 9.17) is 0 Å². The van der Waals surface area contributed by atoms with Crippen LogP contribution in [0.4, 0.5) is 15.8 Å². The number of amides is 2. The van der Waals surface area contributed by atoms with Crippen LogP contribution in [0.1, 0.15) is 37.4 Å². The van der Waals surface area contributed by atoms with E-state index in [0.29, 0.717) is 44.8 Å². The quantitative estimate of drug-likeness (QED) is 0.477. The Kier molecular flexibility index (Phi) is 10.3. The van der Waals surface area contributed by atoms with E-state index in [1.165, 1.54) is 6.07 Å². The molecule has 0 radical (unpaired) electrons. The molecule has 1 fully saturated rings. The lowest BCUT2D eigenvalue weighted by atomic mass is 9.93. The third-order valence-corrected chi connectivity index (χ3v) is 6.86. The van der Waals surface area contributed by atoms with Crippen LogP contribution in [0.15, 0.2) is 48.5 Å². The number of nitrogens with one attached hydrogen (secondary N) is 1. The Morgan fingerprint density at radius 2 is 1.66 bits per heavy atom. The first-order valence-corrected chi connectivity index (χ1v) is 13.3. The monoisotopic (exact) mass is 523 g/mol. The highest BCUT2D eigenvalue weighted by Gasteiger charge is 2.28. The molecule has 0 saturated carbocycles. The molecule has 0 unspecified atom stereocenters. The highest BCUT2D eigenvalue weighted by molar-refractivity contribution is 5.92. The topological polar surface area (TPSA) is 59.1 Å². The van der Waals surface area contributed by atoms with Gasteiger partial charge in [0.25, 0.3) is 0 Å². The van der Waals surface area contributed by atoms with E-state index in [-0.39, 0.29) is 29.6 Å². The van der Waals surface area contributed by atoms with Crippen molar-refractivity contribution >= 4 is 29.3 Å². The molecule has 2 aromatic carbocycles. The van der Waals surface area contributed by atoms with E-state index >= 15 is 4.39 Å². The molecule has 1 heterocycles. The molecule has 0 aromatic heterocycles. The summed E-state index contributed by atoms with van der Waals surface area (Å²) in [6, 6.07) is 12.8. The first-order chi connectivity index (χ1) is 18.1. The number of para-hydroxylation sites is 1. The summed E-state index contributed by atoms with van der Waals surface area (Å²) in [7, 11) is 7.84. The van der Waals surface area contributed by atoms with Gasteiger partial charge in [-0.15, -0.1) is 0 Å². The summed E-state index contributed by atoms with van der Waals surface area (Å²) in [5.41, 5.74) is 3.36. The van der Waals surface area contributed by atoms with Crippen LogP contribution in [0.25, 0.3) is 6.08 Å². The van der Waals surface area contributed by atoms with Gasteiger partial charge in [0.15, 0.2) is 0 Å². The van der Waals surface area contributed by atoms with Crippen LogP contribution < -0.4 is 15.1 Å². The average molecular weight is 524 g/mol. The number of hydrogen-bond donors (Lipinski definition) is 1. The normalized spacial score (nSPS) is 14.9. The van der Waals surface area contributed by atoms with Crippen LogP contribution in [0.5, 0.6) is 0 Å². The highest BCUT2D eigenvalue weighted by Crippen LogP contribution is 2.34. The molecule has 2 aromatic rings. The van der Waals surface area contributed by atoms with Crippen molar-refractivity contribution in [2.75, 3.05) is 70.7 Å². The minimum atomic E-state index is -0.309. The molecule has 0 aliphatic carbocycles. The molecule has 1 aliphatic rings. The Hall–Kier alpha value is -3.39. The van der Waals surface area contributed by atoms with Crippen molar-refractivity contribution in [3.8, 4) is 0 Å². The molecule has 8 heteroatoms. The zero-order chi connectivity index (χ0) is 27.8. The van der Waals surface area contributed by atoms with Gasteiger partial charge in [-0.3, -0.25) is 9.59 Å². The third-order valence-electron chi connectivity index (χ3n) is 6.86. The fraction of sp³-hybridized carbons (Fsp3) is 0.467. The lowest BCUT2D eigenvalue weighted by Crippen LogP contribution is -2.49. The lowest BCUT2D eigenvalue weighted by Gasteiger charge is -2.38. The standard InChI is InChI=1S/C30H42FN5O2/c1-22(2)29(32-27(37)16-17-33(3)4)25-8-7-9-26(31)30(25)36-20-18-35(19-21-36)28(38)15-12-23-10-13-24(14-11-23)34(5)6/h7-15,22,29H,16-21H2,1-6H3,(H,32,37)/t29-/m0/s1. The molecular weight excluding hydrogens is 481 g/mol. The summed E-state index contributed by atoms with van der Waals surface area (Å²) in [4.78, 5) is 33.3. The van der Waals surface area contributed by atoms with Gasteiger partial charge >= 0.3 is 0 Å². The van der Waals surface area contributed by atoms with Gasteiger partial charge in [-0.1, -0.05) is 38.1 Å². The number of carbonyl (C=O) groups excluding carboxylic acids is 2. The average Bonchev–Trinajstić information content (AvgIpc) is 2.89. The predicted octanol–water partition coefficient (Wildman–Crippen LogP) is 4.02. The van der Waals surface area contributed by atoms with Crippen molar-refractivity contribution in [2.24, 2.45) is 5.92 Å². The van der Waals surface area contributed by atoms with Crippen LogP contribution in [-0.2, 0) is 9.59 Å². The fourth-order valence-corrected chi connectivity index (χ4v) is 4.60. The molecule has 1 atom stereocenters. The third kappa shape index (κ3) is 7.81. The Bertz CT molecular complexity index is 1110. The summed E-state index contributed by atoms with van der Waals surface area (Å²) < 4.78 is 15.2. The molecule has 2 amide bonds. The summed E-state index contributed by atoms with van der Waals surface area (Å²) in [6.45, 7) is 6.74. The number of benzene rings is 2. The Balaban J connectivity index is 1.68. The number of piperazine rings is 1. The summed E-state index contributed by atoms with van der Waals surface area (Å²) in [5.74, 6) is -0.329. The van der Waals surface area contributed by atoms with E-state index in [0.717, 1.165) is 16.8 Å². The van der Waals surface area contributed by atoms with E-state index in [1.54, 1.807) is 17.0 Å². The largest absolute Gasteiger partial charge is 0.378 e. The molecular formula is C30H42FN5O2. The van der Waals surface area contributed by atoms with E-state index in [1.807, 2.05) is 93.1 Å². The van der Waals surface area contributed by atoms with Gasteiger partial charge in [0.1, 0.15) is 5.82 Å². The lowest BCUT2D eigenvalue weighted by molar-refractivity contribution is -0.126. The van der Waals surface area contributed by atoms with E-state index < -0.39 is 0 Å². The molecule has 1 N–H and O–H groups in total. The first kappa shape index (κ1) is 29.2. The van der Waals surface area contributed by atoms with Gasteiger partial charge in [-0.05, 0) is 49.9 Å². The van der Waals surface area contributed by atoms with Crippen molar-refractivity contribution in [2.45, 2.75) is 26.3 Å². The highest BCUT2D eigenvalue weighted by atomic mass is 19.1. The summed E-state index contributed by atoms with van der Waals surface area (Å²) >= 11 is 0. The predicted molar refractivity (Wildman–Crippen MR) is 154 cm³/mol. The van der Waals surface area contributed by atoms with Crippen molar-refractivity contribution in [3.05, 3.63) is 65.5 Å². The molecule has 38 heavy (non-hydrogen) atoms. The maximum atomic E-state index is 15.2. The molecule has 7 nitrogen and oxygen atoms in total. The summed E-state index contributed by atoms with van der Waals surface area (Å²) in [5, 5.41) is 3.13. The number of carbonyl (C=O) groups is 2. The zero-order valence-corrected chi connectivity index (χ0v) is 23.6. The van der Waals surface area contributed by atoms with Gasteiger partial charge in [0.05, 0.1) is 11.7 Å². The van der Waals surface area contributed by atoms with Crippen molar-refractivity contribution in [1.29, 1.82) is 0 Å². The van der Waals surface area contributed by atoms with Crippen molar-refractivity contribution in [1.82, 2.24) is 15.1 Å². The minimum Gasteiger partial charge on any atom is -0.378 e. The zero-order valence-electron chi connectivity index (χ0n) is 23.6. The molecule has 206 valence electrons. The van der Waals surface area contributed by atoms with E-state index in [9.17, 15) is 9.59 Å². The Morgan fingerprint density at radius 1 is 1.00 bits per heavy atom. The molecule has 0 bridgehead atoms. The number of rotatable bonds is 10.